The predicted octanol–water partition coefficient (Wildman–Crippen LogP) is -2.50. The Hall–Kier alpha value is -0.870. The number of halogens is 1. The van der Waals surface area contributed by atoms with Crippen molar-refractivity contribution in [3.63, 3.8) is 0 Å². The summed E-state index contributed by atoms with van der Waals surface area (Å²) < 4.78 is 0.775. The first kappa shape index (κ1) is 14.5. The van der Waals surface area contributed by atoms with Gasteiger partial charge in [0.2, 0.25) is 11.8 Å². The number of rotatable bonds is 3. The van der Waals surface area contributed by atoms with Gasteiger partial charge in [0.05, 0.1) is 46.1 Å². The average Bonchev–Trinajstić information content (AvgIpc) is 2.90. The van der Waals surface area contributed by atoms with Crippen molar-refractivity contribution in [2.24, 2.45) is 23.7 Å². The number of allylic oxidation sites excluding steroid dienone is 2. The lowest BCUT2D eigenvalue weighted by molar-refractivity contribution is -0.869. The molecule has 2 bridgehead atoms. The first-order valence-electron chi connectivity index (χ1n) is 6.72. The van der Waals surface area contributed by atoms with Gasteiger partial charge in [-0.25, -0.2) is 0 Å². The molecule has 19 heavy (non-hydrogen) atoms. The standard InChI is InChI=1S/C14H21N2O2.ClH/c1-16(2,3)7-6-15-13(17)11-9-4-5-10(8-9)12(11)14(15)18;/h4-5,9-12H,6-8H2,1-3H3;1H/q+1;/p-1/t9-,10+,11?,12?;. The van der Waals surface area contributed by atoms with Crippen molar-refractivity contribution in [1.82, 2.24) is 4.90 Å². The number of carbonyl (C=O) groups excluding carboxylic acids is 2. The molecule has 5 heteroatoms. The minimum Gasteiger partial charge on any atom is -1.00 e. The van der Waals surface area contributed by atoms with E-state index in [1.54, 1.807) is 0 Å². The maximum atomic E-state index is 12.4. The van der Waals surface area contributed by atoms with Gasteiger partial charge in [-0.05, 0) is 18.3 Å². The predicted molar refractivity (Wildman–Crippen MR) is 67.3 cm³/mol. The van der Waals surface area contributed by atoms with Crippen molar-refractivity contribution < 1.29 is 26.5 Å². The summed E-state index contributed by atoms with van der Waals surface area (Å²) in [5.41, 5.74) is 0. The number of carbonyl (C=O) groups is 2. The number of hydrogen-bond acceptors (Lipinski definition) is 2. The van der Waals surface area contributed by atoms with Crippen LogP contribution in [-0.2, 0) is 9.59 Å². The Morgan fingerprint density at radius 3 is 2.00 bits per heavy atom. The second-order valence-corrected chi connectivity index (χ2v) is 6.84. The zero-order valence-electron chi connectivity index (χ0n) is 11.7. The van der Waals surface area contributed by atoms with Crippen molar-refractivity contribution in [2.45, 2.75) is 6.42 Å². The molecule has 2 fully saturated rings. The fourth-order valence-electron chi connectivity index (χ4n) is 3.58. The van der Waals surface area contributed by atoms with Gasteiger partial charge in [-0.3, -0.25) is 14.5 Å². The molecule has 0 aromatic heterocycles. The number of nitrogens with zero attached hydrogens (tertiary/aromatic N) is 2. The molecule has 0 radical (unpaired) electrons. The minimum absolute atomic E-state index is 0. The van der Waals surface area contributed by atoms with E-state index >= 15 is 0 Å². The Morgan fingerprint density at radius 2 is 1.58 bits per heavy atom. The van der Waals surface area contributed by atoms with E-state index in [9.17, 15) is 9.59 Å². The van der Waals surface area contributed by atoms with Crippen LogP contribution < -0.4 is 12.4 Å². The third kappa shape index (κ3) is 2.21. The van der Waals surface area contributed by atoms with Gasteiger partial charge in [0.15, 0.2) is 0 Å². The topological polar surface area (TPSA) is 37.4 Å². The normalized spacial score (nSPS) is 35.8. The SMILES string of the molecule is C[N+](C)(C)CCN1C(=O)C2C(C1=O)[C@H]1C=C[C@@H]2C1.[Cl-]. The lowest BCUT2D eigenvalue weighted by atomic mass is 9.85. The van der Waals surface area contributed by atoms with Crippen LogP contribution in [0.3, 0.4) is 0 Å². The largest absolute Gasteiger partial charge is 1.00 e. The Bertz CT molecular complexity index is 411. The quantitative estimate of drug-likeness (QED) is 0.327. The number of fused-ring (bicyclic) bond motifs is 5. The molecule has 0 aromatic rings. The van der Waals surface area contributed by atoms with E-state index in [1.807, 2.05) is 0 Å². The van der Waals surface area contributed by atoms with Crippen molar-refractivity contribution in [1.29, 1.82) is 0 Å². The summed E-state index contributed by atoms with van der Waals surface area (Å²) in [5, 5.41) is 0. The molecule has 0 aromatic carbocycles. The van der Waals surface area contributed by atoms with E-state index in [0.29, 0.717) is 18.4 Å². The zero-order chi connectivity index (χ0) is 13.1. The van der Waals surface area contributed by atoms with Crippen LogP contribution in [0.2, 0.25) is 0 Å². The van der Waals surface area contributed by atoms with Crippen LogP contribution in [-0.4, -0.2) is 55.4 Å². The highest BCUT2D eigenvalue weighted by Gasteiger charge is 2.59. The summed E-state index contributed by atoms with van der Waals surface area (Å²) in [6, 6.07) is 0. The third-order valence-corrected chi connectivity index (χ3v) is 4.56. The fraction of sp³-hybridized carbons (Fsp3) is 0.714. The highest BCUT2D eigenvalue weighted by Crippen LogP contribution is 2.52. The molecule has 2 aliphatic carbocycles. The molecule has 1 saturated carbocycles. The molecule has 0 N–H and O–H groups in total. The summed E-state index contributed by atoms with van der Waals surface area (Å²) in [6.45, 7) is 1.38. The van der Waals surface area contributed by atoms with Crippen LogP contribution in [0.1, 0.15) is 6.42 Å². The second kappa shape index (κ2) is 4.60. The van der Waals surface area contributed by atoms with Gasteiger partial charge in [0.25, 0.3) is 0 Å². The summed E-state index contributed by atoms with van der Waals surface area (Å²) in [6.07, 6.45) is 5.29. The highest BCUT2D eigenvalue weighted by molar-refractivity contribution is 6.06. The molecular weight excluding hydrogens is 264 g/mol. The number of likely N-dealkylation sites (tertiary alicyclic amines) is 1. The van der Waals surface area contributed by atoms with Crippen molar-refractivity contribution in [3.05, 3.63) is 12.2 Å². The summed E-state index contributed by atoms with van der Waals surface area (Å²) in [4.78, 5) is 26.3. The molecule has 4 atom stereocenters. The van der Waals surface area contributed by atoms with E-state index in [4.69, 9.17) is 0 Å². The minimum atomic E-state index is -0.0417. The monoisotopic (exact) mass is 284 g/mol. The average molecular weight is 285 g/mol. The first-order valence-corrected chi connectivity index (χ1v) is 6.72. The maximum absolute atomic E-state index is 12.4. The van der Waals surface area contributed by atoms with Gasteiger partial charge in [-0.1, -0.05) is 12.2 Å². The summed E-state index contributed by atoms with van der Waals surface area (Å²) >= 11 is 0. The third-order valence-electron chi connectivity index (χ3n) is 4.56. The van der Waals surface area contributed by atoms with Gasteiger partial charge in [0.1, 0.15) is 0 Å². The van der Waals surface area contributed by atoms with Gasteiger partial charge >= 0.3 is 0 Å². The number of amides is 2. The molecule has 0 spiro atoms. The highest BCUT2D eigenvalue weighted by atomic mass is 35.5. The van der Waals surface area contributed by atoms with Crippen molar-refractivity contribution >= 4 is 11.8 Å². The number of imide groups is 1. The smallest absolute Gasteiger partial charge is 0.233 e. The van der Waals surface area contributed by atoms with Gasteiger partial charge in [0, 0.05) is 0 Å². The van der Waals surface area contributed by atoms with Crippen LogP contribution in [0, 0.1) is 23.7 Å². The van der Waals surface area contributed by atoms with Crippen LogP contribution in [0.4, 0.5) is 0 Å². The Morgan fingerprint density at radius 1 is 1.11 bits per heavy atom. The van der Waals surface area contributed by atoms with E-state index < -0.39 is 0 Å². The zero-order valence-corrected chi connectivity index (χ0v) is 12.4. The molecule has 1 heterocycles. The summed E-state index contributed by atoms with van der Waals surface area (Å²) in [7, 11) is 6.24. The van der Waals surface area contributed by atoms with E-state index in [0.717, 1.165) is 17.4 Å². The van der Waals surface area contributed by atoms with E-state index in [1.165, 1.54) is 4.90 Å². The lowest BCUT2D eigenvalue weighted by Gasteiger charge is -2.26. The van der Waals surface area contributed by atoms with Crippen LogP contribution in [0.15, 0.2) is 12.2 Å². The molecule has 1 saturated heterocycles. The molecule has 2 unspecified atom stereocenters. The first-order chi connectivity index (χ1) is 8.38. The molecule has 3 rings (SSSR count). The molecule has 3 aliphatic rings. The van der Waals surface area contributed by atoms with Crippen molar-refractivity contribution in [3.8, 4) is 0 Å². The number of likely N-dealkylation sites (N-methyl/N-ethyl adjacent to an activating group) is 1. The Kier molecular flexibility index (Phi) is 3.52. The Labute approximate surface area is 120 Å². The molecule has 106 valence electrons. The molecule has 1 aliphatic heterocycles. The fourth-order valence-corrected chi connectivity index (χ4v) is 3.58. The molecular formula is C14H21ClN2O2. The van der Waals surface area contributed by atoms with Crippen LogP contribution in [0.25, 0.3) is 0 Å². The summed E-state index contributed by atoms with van der Waals surface area (Å²) in [5.74, 6) is 0.724. The Balaban J connectivity index is 0.00000133. The lowest BCUT2D eigenvalue weighted by Crippen LogP contribution is -3.00. The van der Waals surface area contributed by atoms with Gasteiger partial charge < -0.3 is 16.9 Å². The van der Waals surface area contributed by atoms with Gasteiger partial charge in [-0.15, -0.1) is 0 Å². The number of quaternary nitrogens is 1. The molecule has 2 amide bonds. The van der Waals surface area contributed by atoms with Crippen LogP contribution in [0.5, 0.6) is 0 Å². The molecule has 4 nitrogen and oxygen atoms in total. The van der Waals surface area contributed by atoms with Gasteiger partial charge in [-0.2, -0.15) is 0 Å². The van der Waals surface area contributed by atoms with Crippen molar-refractivity contribution in [2.75, 3.05) is 34.2 Å². The maximum Gasteiger partial charge on any atom is 0.233 e. The van der Waals surface area contributed by atoms with E-state index in [2.05, 4.69) is 33.3 Å². The number of hydrogen-bond donors (Lipinski definition) is 0. The second-order valence-electron chi connectivity index (χ2n) is 6.84. The van der Waals surface area contributed by atoms with Crippen LogP contribution >= 0.6 is 0 Å². The van der Waals surface area contributed by atoms with E-state index in [-0.39, 0.29) is 36.1 Å².